The quantitative estimate of drug-likeness (QED) is 0.564. The second-order valence-corrected chi connectivity index (χ2v) is 4.06. The van der Waals surface area contributed by atoms with Gasteiger partial charge in [-0.05, 0) is 23.1 Å². The van der Waals surface area contributed by atoms with E-state index in [0.29, 0.717) is 17.3 Å². The van der Waals surface area contributed by atoms with Crippen LogP contribution in [-0.4, -0.2) is 0 Å². The lowest BCUT2D eigenvalue weighted by molar-refractivity contribution is 1.50. The van der Waals surface area contributed by atoms with Crippen LogP contribution >= 0.6 is 22.9 Å². The first-order chi connectivity index (χ1) is 6.22. The molecule has 0 bridgehead atoms. The maximum absolute atomic E-state index is 5.85. The standard InChI is InChI=1S/C9H9ClN2S/c10-3-5-4-13-8-2-6(11)1-7(12)9(5)8/h1-2,4H,3,11-12H2. The van der Waals surface area contributed by atoms with Crippen molar-refractivity contribution in [2.45, 2.75) is 5.88 Å². The first kappa shape index (κ1) is 8.66. The molecule has 0 aliphatic heterocycles. The molecule has 4 N–H and O–H groups in total. The molecule has 0 fully saturated rings. The van der Waals surface area contributed by atoms with Gasteiger partial charge in [0.05, 0.1) is 0 Å². The molecule has 0 unspecified atom stereocenters. The summed E-state index contributed by atoms with van der Waals surface area (Å²) in [6.07, 6.45) is 0. The number of hydrogen-bond donors (Lipinski definition) is 2. The number of benzene rings is 1. The summed E-state index contributed by atoms with van der Waals surface area (Å²) in [6.45, 7) is 0. The highest BCUT2D eigenvalue weighted by atomic mass is 35.5. The molecule has 1 aromatic carbocycles. The predicted molar refractivity (Wildman–Crippen MR) is 60.2 cm³/mol. The summed E-state index contributed by atoms with van der Waals surface area (Å²) in [7, 11) is 0. The molecule has 0 atom stereocenters. The zero-order valence-electron chi connectivity index (χ0n) is 6.88. The number of nitrogen functional groups attached to an aromatic ring is 2. The average Bonchev–Trinajstić information content (AvgIpc) is 2.47. The Kier molecular flexibility index (Phi) is 2.06. The third-order valence-corrected chi connectivity index (χ3v) is 3.21. The fourth-order valence-electron chi connectivity index (χ4n) is 1.39. The maximum atomic E-state index is 5.85. The number of thiophene rings is 1. The van der Waals surface area contributed by atoms with Crippen LogP contribution in [0, 0.1) is 0 Å². The average molecular weight is 213 g/mol. The molecule has 1 aromatic heterocycles. The number of hydrogen-bond acceptors (Lipinski definition) is 3. The molecule has 2 rings (SSSR count). The molecule has 2 nitrogen and oxygen atoms in total. The Morgan fingerprint density at radius 2 is 2.08 bits per heavy atom. The van der Waals surface area contributed by atoms with Gasteiger partial charge in [0.25, 0.3) is 0 Å². The van der Waals surface area contributed by atoms with Crippen molar-refractivity contribution in [1.29, 1.82) is 0 Å². The van der Waals surface area contributed by atoms with Gasteiger partial charge < -0.3 is 11.5 Å². The van der Waals surface area contributed by atoms with Crippen LogP contribution in [0.1, 0.15) is 5.56 Å². The van der Waals surface area contributed by atoms with E-state index in [4.69, 9.17) is 23.1 Å². The van der Waals surface area contributed by atoms with Crippen LogP contribution in [0.25, 0.3) is 10.1 Å². The number of nitrogens with two attached hydrogens (primary N) is 2. The van der Waals surface area contributed by atoms with Gasteiger partial charge in [-0.25, -0.2) is 0 Å². The fraction of sp³-hybridized carbons (Fsp3) is 0.111. The van der Waals surface area contributed by atoms with Crippen molar-refractivity contribution in [3.8, 4) is 0 Å². The Morgan fingerprint density at radius 3 is 2.77 bits per heavy atom. The number of alkyl halides is 1. The number of anilines is 2. The van der Waals surface area contributed by atoms with Crippen LogP contribution < -0.4 is 11.5 Å². The fourth-order valence-corrected chi connectivity index (χ4v) is 2.73. The molecule has 2 aromatic rings. The summed E-state index contributed by atoms with van der Waals surface area (Å²) in [5, 5.41) is 3.07. The minimum Gasteiger partial charge on any atom is -0.399 e. The molecular weight excluding hydrogens is 204 g/mol. The van der Waals surface area contributed by atoms with Crippen molar-refractivity contribution in [2.24, 2.45) is 0 Å². The van der Waals surface area contributed by atoms with Crippen molar-refractivity contribution in [3.63, 3.8) is 0 Å². The molecule has 0 spiro atoms. The van der Waals surface area contributed by atoms with Crippen molar-refractivity contribution in [3.05, 3.63) is 23.1 Å². The number of fused-ring (bicyclic) bond motifs is 1. The van der Waals surface area contributed by atoms with Crippen molar-refractivity contribution < 1.29 is 0 Å². The molecule has 0 saturated heterocycles. The van der Waals surface area contributed by atoms with Crippen LogP contribution in [-0.2, 0) is 5.88 Å². The Balaban J connectivity index is 2.82. The Morgan fingerprint density at radius 1 is 1.31 bits per heavy atom. The van der Waals surface area contributed by atoms with Crippen LogP contribution in [0.4, 0.5) is 11.4 Å². The van der Waals surface area contributed by atoms with Crippen molar-refractivity contribution in [1.82, 2.24) is 0 Å². The lowest BCUT2D eigenvalue weighted by Crippen LogP contribution is -1.91. The summed E-state index contributed by atoms with van der Waals surface area (Å²) >= 11 is 7.40. The molecule has 13 heavy (non-hydrogen) atoms. The summed E-state index contributed by atoms with van der Waals surface area (Å²) in [4.78, 5) is 0. The van der Waals surface area contributed by atoms with Gasteiger partial charge in [0.2, 0.25) is 0 Å². The topological polar surface area (TPSA) is 52.0 Å². The van der Waals surface area contributed by atoms with Gasteiger partial charge in [-0.3, -0.25) is 0 Å². The minimum absolute atomic E-state index is 0.494. The molecule has 68 valence electrons. The van der Waals surface area contributed by atoms with Gasteiger partial charge in [-0.2, -0.15) is 0 Å². The highest BCUT2D eigenvalue weighted by Crippen LogP contribution is 2.33. The lowest BCUT2D eigenvalue weighted by atomic mass is 10.1. The van der Waals surface area contributed by atoms with Crippen LogP contribution in [0.2, 0.25) is 0 Å². The van der Waals surface area contributed by atoms with E-state index in [1.165, 1.54) is 0 Å². The highest BCUT2D eigenvalue weighted by Gasteiger charge is 2.06. The molecule has 0 aliphatic rings. The lowest BCUT2D eigenvalue weighted by Gasteiger charge is -2.00. The van der Waals surface area contributed by atoms with Gasteiger partial charge >= 0.3 is 0 Å². The normalized spacial score (nSPS) is 10.8. The largest absolute Gasteiger partial charge is 0.399 e. The van der Waals surface area contributed by atoms with Gasteiger partial charge in [-0.15, -0.1) is 22.9 Å². The summed E-state index contributed by atoms with van der Waals surface area (Å²) in [5.74, 6) is 0.494. The molecule has 0 saturated carbocycles. The number of rotatable bonds is 1. The van der Waals surface area contributed by atoms with E-state index < -0.39 is 0 Å². The van der Waals surface area contributed by atoms with Gasteiger partial charge in [0.1, 0.15) is 0 Å². The highest BCUT2D eigenvalue weighted by molar-refractivity contribution is 7.17. The molecule has 0 aliphatic carbocycles. The van der Waals surface area contributed by atoms with E-state index >= 15 is 0 Å². The zero-order chi connectivity index (χ0) is 9.42. The smallest absolute Gasteiger partial charge is 0.0489 e. The third kappa shape index (κ3) is 1.34. The van der Waals surface area contributed by atoms with Crippen LogP contribution in [0.5, 0.6) is 0 Å². The Bertz CT molecular complexity index is 450. The van der Waals surface area contributed by atoms with E-state index in [-0.39, 0.29) is 0 Å². The first-order valence-corrected chi connectivity index (χ1v) is 5.25. The number of halogens is 1. The Labute approximate surface area is 85.1 Å². The monoisotopic (exact) mass is 212 g/mol. The van der Waals surface area contributed by atoms with Gasteiger partial charge in [-0.1, -0.05) is 0 Å². The molecule has 4 heteroatoms. The van der Waals surface area contributed by atoms with E-state index in [1.54, 1.807) is 17.4 Å². The van der Waals surface area contributed by atoms with Crippen molar-refractivity contribution >= 4 is 44.4 Å². The van der Waals surface area contributed by atoms with Gasteiger partial charge in [0.15, 0.2) is 0 Å². The molecule has 0 amide bonds. The van der Waals surface area contributed by atoms with Crippen LogP contribution in [0.3, 0.4) is 0 Å². The maximum Gasteiger partial charge on any atom is 0.0489 e. The third-order valence-electron chi connectivity index (χ3n) is 1.95. The zero-order valence-corrected chi connectivity index (χ0v) is 8.45. The second-order valence-electron chi connectivity index (χ2n) is 2.88. The first-order valence-electron chi connectivity index (χ1n) is 3.83. The van der Waals surface area contributed by atoms with E-state index in [9.17, 15) is 0 Å². The van der Waals surface area contributed by atoms with Crippen LogP contribution in [0.15, 0.2) is 17.5 Å². The predicted octanol–water partition coefficient (Wildman–Crippen LogP) is 2.80. The SMILES string of the molecule is Nc1cc(N)c2c(CCl)csc2c1. The molecular formula is C9H9ClN2S. The van der Waals surface area contributed by atoms with E-state index in [1.807, 2.05) is 11.4 Å². The molecule has 1 heterocycles. The Hall–Kier alpha value is -0.930. The summed E-state index contributed by atoms with van der Waals surface area (Å²) < 4.78 is 1.10. The second kappa shape index (κ2) is 3.09. The molecule has 0 radical (unpaired) electrons. The van der Waals surface area contributed by atoms with E-state index in [2.05, 4.69) is 0 Å². The summed E-state index contributed by atoms with van der Waals surface area (Å²) in [6, 6.07) is 3.69. The van der Waals surface area contributed by atoms with Crippen molar-refractivity contribution in [2.75, 3.05) is 11.5 Å². The minimum atomic E-state index is 0.494. The van der Waals surface area contributed by atoms with Gasteiger partial charge in [0, 0.05) is 27.3 Å². The van der Waals surface area contributed by atoms with E-state index in [0.717, 1.165) is 15.6 Å². The summed E-state index contributed by atoms with van der Waals surface area (Å²) in [5.41, 5.74) is 14.0.